The van der Waals surface area contributed by atoms with Crippen LogP contribution in [0.4, 0.5) is 0 Å². The van der Waals surface area contributed by atoms with Gasteiger partial charge in [-0.2, -0.15) is 4.31 Å². The van der Waals surface area contributed by atoms with E-state index in [2.05, 4.69) is 10.1 Å². The van der Waals surface area contributed by atoms with E-state index in [1.54, 1.807) is 0 Å². The van der Waals surface area contributed by atoms with Crippen molar-refractivity contribution >= 4 is 16.0 Å². The summed E-state index contributed by atoms with van der Waals surface area (Å²) < 4.78 is 30.7. The van der Waals surface area contributed by atoms with Gasteiger partial charge in [-0.05, 0) is 33.2 Å². The lowest BCUT2D eigenvalue weighted by Crippen LogP contribution is -2.49. The van der Waals surface area contributed by atoms with Gasteiger partial charge in [-0.1, -0.05) is 6.42 Å². The number of hydrogen-bond donors (Lipinski definition) is 1. The number of methoxy groups -OCH3 is 1. The van der Waals surface area contributed by atoms with Gasteiger partial charge >= 0.3 is 5.97 Å². The van der Waals surface area contributed by atoms with Crippen LogP contribution in [-0.4, -0.2) is 56.7 Å². The van der Waals surface area contributed by atoms with Crippen LogP contribution in [0, 0.1) is 0 Å². The molecule has 0 aromatic carbocycles. The molecule has 1 atom stereocenters. The standard InChI is InChI=1S/C13H26N2O4S/c1-11(2)15(10-12-6-4-5-8-14-12)20(17,18)9-7-13(16)19-3/h11-12,14H,4-10H2,1-3H3. The van der Waals surface area contributed by atoms with Gasteiger partial charge in [-0.3, -0.25) is 4.79 Å². The molecule has 1 heterocycles. The zero-order valence-corrected chi connectivity index (χ0v) is 13.4. The van der Waals surface area contributed by atoms with E-state index in [0.29, 0.717) is 6.54 Å². The molecular formula is C13H26N2O4S. The number of sulfonamides is 1. The van der Waals surface area contributed by atoms with E-state index in [1.165, 1.54) is 11.4 Å². The van der Waals surface area contributed by atoms with Crippen LogP contribution in [0.15, 0.2) is 0 Å². The molecule has 0 radical (unpaired) electrons. The van der Waals surface area contributed by atoms with E-state index < -0.39 is 16.0 Å². The normalized spacial score (nSPS) is 20.4. The van der Waals surface area contributed by atoms with E-state index in [0.717, 1.165) is 25.8 Å². The van der Waals surface area contributed by atoms with Crippen molar-refractivity contribution in [2.24, 2.45) is 0 Å². The van der Waals surface area contributed by atoms with Crippen molar-refractivity contribution in [2.45, 2.75) is 51.6 Å². The predicted octanol–water partition coefficient (Wildman–Crippen LogP) is 0.732. The van der Waals surface area contributed by atoms with E-state index in [9.17, 15) is 13.2 Å². The Morgan fingerprint density at radius 2 is 2.10 bits per heavy atom. The average Bonchev–Trinajstić information content (AvgIpc) is 2.43. The first-order valence-electron chi connectivity index (χ1n) is 7.16. The highest BCUT2D eigenvalue weighted by atomic mass is 32.2. The monoisotopic (exact) mass is 306 g/mol. The summed E-state index contributed by atoms with van der Waals surface area (Å²) in [5, 5.41) is 3.35. The summed E-state index contributed by atoms with van der Waals surface area (Å²) in [6.45, 7) is 5.14. The van der Waals surface area contributed by atoms with Crippen molar-refractivity contribution in [3.63, 3.8) is 0 Å². The van der Waals surface area contributed by atoms with Gasteiger partial charge in [0.1, 0.15) is 0 Å². The number of nitrogens with zero attached hydrogens (tertiary/aromatic N) is 1. The summed E-state index contributed by atoms with van der Waals surface area (Å²) in [6, 6.07) is 0.0976. The molecule has 7 heteroatoms. The number of piperidine rings is 1. The zero-order valence-electron chi connectivity index (χ0n) is 12.6. The number of esters is 1. The van der Waals surface area contributed by atoms with Crippen LogP contribution in [0.2, 0.25) is 0 Å². The fourth-order valence-corrected chi connectivity index (χ4v) is 4.08. The third kappa shape index (κ3) is 5.38. The highest BCUT2D eigenvalue weighted by Crippen LogP contribution is 2.14. The minimum absolute atomic E-state index is 0.0971. The predicted molar refractivity (Wildman–Crippen MR) is 77.9 cm³/mol. The average molecular weight is 306 g/mol. The fraction of sp³-hybridized carbons (Fsp3) is 0.923. The van der Waals surface area contributed by atoms with Crippen LogP contribution in [0.1, 0.15) is 39.5 Å². The molecule has 1 aliphatic rings. The molecule has 1 saturated heterocycles. The van der Waals surface area contributed by atoms with Crippen LogP contribution >= 0.6 is 0 Å². The van der Waals surface area contributed by atoms with Gasteiger partial charge < -0.3 is 10.1 Å². The second kappa shape index (κ2) is 7.95. The maximum Gasteiger partial charge on any atom is 0.306 e. The lowest BCUT2D eigenvalue weighted by atomic mass is 10.1. The third-order valence-corrected chi connectivity index (χ3v) is 5.54. The number of ether oxygens (including phenoxy) is 1. The summed E-state index contributed by atoms with van der Waals surface area (Å²) in [5.41, 5.74) is 0. The Morgan fingerprint density at radius 3 is 2.60 bits per heavy atom. The number of carbonyl (C=O) groups is 1. The van der Waals surface area contributed by atoms with Gasteiger partial charge in [-0.15, -0.1) is 0 Å². The largest absolute Gasteiger partial charge is 0.469 e. The summed E-state index contributed by atoms with van der Waals surface area (Å²) in [7, 11) is -2.17. The van der Waals surface area contributed by atoms with Gasteiger partial charge in [-0.25, -0.2) is 8.42 Å². The maximum absolute atomic E-state index is 12.4. The second-order valence-corrected chi connectivity index (χ2v) is 7.49. The van der Waals surface area contributed by atoms with Crippen LogP contribution in [-0.2, 0) is 19.6 Å². The minimum Gasteiger partial charge on any atom is -0.469 e. The van der Waals surface area contributed by atoms with E-state index in [1.807, 2.05) is 13.8 Å². The Labute approximate surface area is 121 Å². The maximum atomic E-state index is 12.4. The highest BCUT2D eigenvalue weighted by molar-refractivity contribution is 7.89. The van der Waals surface area contributed by atoms with Crippen molar-refractivity contribution < 1.29 is 17.9 Å². The SMILES string of the molecule is COC(=O)CCS(=O)(=O)N(CC1CCCCN1)C(C)C. The first-order valence-corrected chi connectivity index (χ1v) is 8.77. The molecule has 1 fully saturated rings. The molecule has 1 unspecified atom stereocenters. The van der Waals surface area contributed by atoms with E-state index >= 15 is 0 Å². The summed E-state index contributed by atoms with van der Waals surface area (Å²) in [4.78, 5) is 11.1. The van der Waals surface area contributed by atoms with Gasteiger partial charge in [0.25, 0.3) is 0 Å². The number of nitrogens with one attached hydrogen (secondary N) is 1. The number of hydrogen-bond acceptors (Lipinski definition) is 5. The van der Waals surface area contributed by atoms with Crippen molar-refractivity contribution in [1.82, 2.24) is 9.62 Å². The van der Waals surface area contributed by atoms with Gasteiger partial charge in [0.05, 0.1) is 19.3 Å². The van der Waals surface area contributed by atoms with E-state index in [4.69, 9.17) is 0 Å². The molecule has 0 aliphatic carbocycles. The Morgan fingerprint density at radius 1 is 1.40 bits per heavy atom. The van der Waals surface area contributed by atoms with Gasteiger partial charge in [0.15, 0.2) is 0 Å². The van der Waals surface area contributed by atoms with E-state index in [-0.39, 0.29) is 24.3 Å². The quantitative estimate of drug-likeness (QED) is 0.702. The minimum atomic E-state index is -3.43. The molecule has 1 aliphatic heterocycles. The molecule has 0 aromatic rings. The molecule has 20 heavy (non-hydrogen) atoms. The topological polar surface area (TPSA) is 75.7 Å². The van der Waals surface area contributed by atoms with Crippen LogP contribution in [0.25, 0.3) is 0 Å². The van der Waals surface area contributed by atoms with Crippen LogP contribution in [0.5, 0.6) is 0 Å². The van der Waals surface area contributed by atoms with Gasteiger partial charge in [0.2, 0.25) is 10.0 Å². The molecule has 1 N–H and O–H groups in total. The Bertz CT molecular complexity index is 403. The molecule has 0 spiro atoms. The van der Waals surface area contributed by atoms with Crippen molar-refractivity contribution in [3.8, 4) is 0 Å². The first kappa shape index (κ1) is 17.4. The van der Waals surface area contributed by atoms with Crippen LogP contribution in [0.3, 0.4) is 0 Å². The zero-order chi connectivity index (χ0) is 15.2. The Balaban J connectivity index is 2.65. The molecule has 0 bridgehead atoms. The summed E-state index contributed by atoms with van der Waals surface area (Å²) in [6.07, 6.45) is 3.18. The molecule has 6 nitrogen and oxygen atoms in total. The number of carbonyl (C=O) groups excluding carboxylic acids is 1. The van der Waals surface area contributed by atoms with Crippen molar-refractivity contribution in [3.05, 3.63) is 0 Å². The Kier molecular flexibility index (Phi) is 6.91. The molecule has 1 rings (SSSR count). The van der Waals surface area contributed by atoms with Crippen LogP contribution < -0.4 is 5.32 Å². The van der Waals surface area contributed by atoms with Crippen molar-refractivity contribution in [1.29, 1.82) is 0 Å². The van der Waals surface area contributed by atoms with Gasteiger partial charge in [0, 0.05) is 18.6 Å². The fourth-order valence-electron chi connectivity index (χ4n) is 2.37. The first-order chi connectivity index (χ1) is 9.36. The summed E-state index contributed by atoms with van der Waals surface area (Å²) >= 11 is 0. The lowest BCUT2D eigenvalue weighted by molar-refractivity contribution is -0.140. The highest BCUT2D eigenvalue weighted by Gasteiger charge is 2.28. The second-order valence-electron chi connectivity index (χ2n) is 5.45. The Hall–Kier alpha value is -0.660. The number of rotatable bonds is 7. The summed E-state index contributed by atoms with van der Waals surface area (Å²) in [5.74, 6) is -0.682. The molecule has 118 valence electrons. The van der Waals surface area contributed by atoms with Crippen molar-refractivity contribution in [2.75, 3.05) is 26.0 Å². The lowest BCUT2D eigenvalue weighted by Gasteiger charge is -2.32. The smallest absolute Gasteiger partial charge is 0.306 e. The molecule has 0 amide bonds. The molecule has 0 aromatic heterocycles. The molecule has 0 saturated carbocycles. The molecular weight excluding hydrogens is 280 g/mol. The third-order valence-electron chi connectivity index (χ3n) is 3.54.